The minimum absolute atomic E-state index is 0.168. The van der Waals surface area contributed by atoms with Crippen LogP contribution in [0.4, 0.5) is 0 Å². The molecule has 0 amide bonds. The zero-order valence-electron chi connectivity index (χ0n) is 10.2. The maximum Gasteiger partial charge on any atom is 0.0893 e. The number of hydrogen-bond acceptors (Lipinski definition) is 1. The number of methoxy groups -OCH3 is 1. The first-order valence-electron chi connectivity index (χ1n) is 6.04. The molecule has 0 fully saturated rings. The molecule has 0 N–H and O–H groups in total. The van der Waals surface area contributed by atoms with Crippen molar-refractivity contribution in [2.24, 2.45) is 0 Å². The van der Waals surface area contributed by atoms with E-state index in [4.69, 9.17) is 4.74 Å². The molecular formula is C16H16O. The first kappa shape index (κ1) is 10.5. The van der Waals surface area contributed by atoms with Gasteiger partial charge >= 0.3 is 0 Å². The Balaban J connectivity index is 2.29. The molecule has 2 unspecified atom stereocenters. The van der Waals surface area contributed by atoms with E-state index >= 15 is 0 Å². The molecule has 0 aliphatic heterocycles. The summed E-state index contributed by atoms with van der Waals surface area (Å²) in [4.78, 5) is 0. The van der Waals surface area contributed by atoms with Crippen molar-refractivity contribution in [1.82, 2.24) is 0 Å². The molecule has 1 aliphatic carbocycles. The van der Waals surface area contributed by atoms with Gasteiger partial charge in [0.1, 0.15) is 0 Å². The standard InChI is InChI=1S/C16H16O/c1-11-12-7-3-4-8-13(12)14-9-5-6-10-15(14)16(11)17-2/h3-11,16H,1-2H3. The van der Waals surface area contributed by atoms with Crippen LogP contribution in [0.3, 0.4) is 0 Å². The number of rotatable bonds is 1. The van der Waals surface area contributed by atoms with Crippen LogP contribution in [-0.2, 0) is 4.74 Å². The van der Waals surface area contributed by atoms with E-state index in [1.54, 1.807) is 7.11 Å². The molecule has 0 aromatic heterocycles. The Labute approximate surface area is 102 Å². The minimum atomic E-state index is 0.168. The predicted octanol–water partition coefficient (Wildman–Crippen LogP) is 4.16. The maximum atomic E-state index is 5.69. The molecule has 0 radical (unpaired) electrons. The van der Waals surface area contributed by atoms with Gasteiger partial charge in [0, 0.05) is 13.0 Å². The van der Waals surface area contributed by atoms with Gasteiger partial charge in [-0.15, -0.1) is 0 Å². The molecule has 0 saturated heterocycles. The lowest BCUT2D eigenvalue weighted by molar-refractivity contribution is 0.0826. The minimum Gasteiger partial charge on any atom is -0.376 e. The van der Waals surface area contributed by atoms with E-state index in [2.05, 4.69) is 55.5 Å². The quantitative estimate of drug-likeness (QED) is 0.706. The fourth-order valence-electron chi connectivity index (χ4n) is 2.89. The third-order valence-electron chi connectivity index (χ3n) is 3.72. The second-order valence-corrected chi connectivity index (χ2v) is 4.62. The zero-order chi connectivity index (χ0) is 11.8. The summed E-state index contributed by atoms with van der Waals surface area (Å²) in [5, 5.41) is 0. The maximum absolute atomic E-state index is 5.69. The summed E-state index contributed by atoms with van der Waals surface area (Å²) in [7, 11) is 1.80. The number of hydrogen-bond donors (Lipinski definition) is 0. The molecule has 86 valence electrons. The van der Waals surface area contributed by atoms with E-state index in [0.717, 1.165) is 0 Å². The van der Waals surface area contributed by atoms with Gasteiger partial charge in [-0.3, -0.25) is 0 Å². The molecule has 1 nitrogen and oxygen atoms in total. The summed E-state index contributed by atoms with van der Waals surface area (Å²) in [6, 6.07) is 17.2. The monoisotopic (exact) mass is 224 g/mol. The van der Waals surface area contributed by atoms with Crippen LogP contribution in [0.5, 0.6) is 0 Å². The van der Waals surface area contributed by atoms with Crippen molar-refractivity contribution in [2.75, 3.05) is 7.11 Å². The number of ether oxygens (including phenoxy) is 1. The zero-order valence-corrected chi connectivity index (χ0v) is 10.2. The van der Waals surface area contributed by atoms with Crippen LogP contribution < -0.4 is 0 Å². The van der Waals surface area contributed by atoms with Gasteiger partial charge in [-0.25, -0.2) is 0 Å². The van der Waals surface area contributed by atoms with Crippen LogP contribution >= 0.6 is 0 Å². The molecule has 1 aliphatic rings. The van der Waals surface area contributed by atoms with Crippen molar-refractivity contribution >= 4 is 0 Å². The van der Waals surface area contributed by atoms with Crippen LogP contribution in [0, 0.1) is 0 Å². The van der Waals surface area contributed by atoms with Gasteiger partial charge in [-0.05, 0) is 22.3 Å². The van der Waals surface area contributed by atoms with E-state index < -0.39 is 0 Å². The molecule has 3 rings (SSSR count). The molecule has 0 heterocycles. The molecule has 0 saturated carbocycles. The summed E-state index contributed by atoms with van der Waals surface area (Å²) in [6.07, 6.45) is 0.168. The molecule has 0 spiro atoms. The Morgan fingerprint density at radius 3 is 2.00 bits per heavy atom. The van der Waals surface area contributed by atoms with Crippen molar-refractivity contribution in [3.8, 4) is 11.1 Å². The van der Waals surface area contributed by atoms with E-state index in [1.165, 1.54) is 22.3 Å². The summed E-state index contributed by atoms with van der Waals surface area (Å²) >= 11 is 0. The second-order valence-electron chi connectivity index (χ2n) is 4.62. The SMILES string of the molecule is COC1c2ccccc2-c2ccccc2C1C. The van der Waals surface area contributed by atoms with Crippen molar-refractivity contribution < 1.29 is 4.74 Å². The van der Waals surface area contributed by atoms with Crippen molar-refractivity contribution in [1.29, 1.82) is 0 Å². The van der Waals surface area contributed by atoms with Crippen LogP contribution in [0.15, 0.2) is 48.5 Å². The normalized spacial score (nSPS) is 21.8. The Kier molecular flexibility index (Phi) is 2.49. The highest BCUT2D eigenvalue weighted by molar-refractivity contribution is 5.74. The lowest BCUT2D eigenvalue weighted by Gasteiger charge is -2.32. The molecule has 2 aromatic carbocycles. The fraction of sp³-hybridized carbons (Fsp3) is 0.250. The van der Waals surface area contributed by atoms with Crippen LogP contribution in [0.2, 0.25) is 0 Å². The summed E-state index contributed by atoms with van der Waals surface area (Å²) in [5.41, 5.74) is 5.36. The summed E-state index contributed by atoms with van der Waals surface area (Å²) in [5.74, 6) is 0.408. The Hall–Kier alpha value is -1.60. The first-order valence-corrected chi connectivity index (χ1v) is 6.04. The number of benzene rings is 2. The van der Waals surface area contributed by atoms with Crippen molar-refractivity contribution in [3.05, 3.63) is 59.7 Å². The van der Waals surface area contributed by atoms with Crippen LogP contribution in [-0.4, -0.2) is 7.11 Å². The third kappa shape index (κ3) is 1.50. The van der Waals surface area contributed by atoms with Gasteiger partial charge in [0.15, 0.2) is 0 Å². The molecule has 0 bridgehead atoms. The van der Waals surface area contributed by atoms with Gasteiger partial charge in [0.05, 0.1) is 6.10 Å². The topological polar surface area (TPSA) is 9.23 Å². The van der Waals surface area contributed by atoms with E-state index in [0.29, 0.717) is 5.92 Å². The van der Waals surface area contributed by atoms with Crippen LogP contribution in [0.1, 0.15) is 30.1 Å². The van der Waals surface area contributed by atoms with Gasteiger partial charge in [-0.2, -0.15) is 0 Å². The Bertz CT molecular complexity index is 545. The van der Waals surface area contributed by atoms with Crippen molar-refractivity contribution in [2.45, 2.75) is 18.9 Å². The van der Waals surface area contributed by atoms with E-state index in [-0.39, 0.29) is 6.10 Å². The lowest BCUT2D eigenvalue weighted by atomic mass is 9.77. The highest BCUT2D eigenvalue weighted by Crippen LogP contribution is 2.46. The Morgan fingerprint density at radius 1 is 0.824 bits per heavy atom. The lowest BCUT2D eigenvalue weighted by Crippen LogP contribution is -2.16. The fourth-order valence-corrected chi connectivity index (χ4v) is 2.89. The van der Waals surface area contributed by atoms with Gasteiger partial charge < -0.3 is 4.74 Å². The summed E-state index contributed by atoms with van der Waals surface area (Å²) < 4.78 is 5.69. The summed E-state index contributed by atoms with van der Waals surface area (Å²) in [6.45, 7) is 2.24. The first-order chi connectivity index (χ1) is 8.33. The smallest absolute Gasteiger partial charge is 0.0893 e. The molecule has 2 aromatic rings. The van der Waals surface area contributed by atoms with Gasteiger partial charge in [0.25, 0.3) is 0 Å². The molecule has 1 heteroatoms. The van der Waals surface area contributed by atoms with E-state index in [9.17, 15) is 0 Å². The highest BCUT2D eigenvalue weighted by Gasteiger charge is 2.30. The average Bonchev–Trinajstić information content (AvgIpc) is 2.40. The second kappa shape index (κ2) is 4.01. The Morgan fingerprint density at radius 2 is 1.35 bits per heavy atom. The predicted molar refractivity (Wildman–Crippen MR) is 70.0 cm³/mol. The van der Waals surface area contributed by atoms with Crippen LogP contribution in [0.25, 0.3) is 11.1 Å². The van der Waals surface area contributed by atoms with Gasteiger partial charge in [-0.1, -0.05) is 55.5 Å². The third-order valence-corrected chi connectivity index (χ3v) is 3.72. The number of fused-ring (bicyclic) bond motifs is 3. The highest BCUT2D eigenvalue weighted by atomic mass is 16.5. The largest absolute Gasteiger partial charge is 0.376 e. The molecule has 17 heavy (non-hydrogen) atoms. The van der Waals surface area contributed by atoms with Gasteiger partial charge in [0.2, 0.25) is 0 Å². The van der Waals surface area contributed by atoms with E-state index in [1.807, 2.05) is 0 Å². The van der Waals surface area contributed by atoms with Crippen molar-refractivity contribution in [3.63, 3.8) is 0 Å². The molecule has 2 atom stereocenters. The average molecular weight is 224 g/mol. The molecular weight excluding hydrogens is 208 g/mol.